The van der Waals surface area contributed by atoms with Crippen LogP contribution in [0.4, 0.5) is 31.8 Å². The number of carbonyl (C=O) groups is 1. The van der Waals surface area contributed by atoms with E-state index in [1.807, 2.05) is 6.07 Å². The highest BCUT2D eigenvalue weighted by molar-refractivity contribution is 6.10. The van der Waals surface area contributed by atoms with Crippen molar-refractivity contribution in [3.8, 4) is 0 Å². The monoisotopic (exact) mass is 456 g/mol. The van der Waals surface area contributed by atoms with E-state index in [1.54, 1.807) is 62.6 Å². The smallest absolute Gasteiger partial charge is 0.189 e. The minimum Gasteiger partial charge on any atom is -0.340 e. The van der Waals surface area contributed by atoms with Crippen LogP contribution in [-0.4, -0.2) is 15.8 Å². The number of halogens is 2. The molecule has 2 aromatic heterocycles. The van der Waals surface area contributed by atoms with Crippen LogP contribution in [0.2, 0.25) is 0 Å². The van der Waals surface area contributed by atoms with E-state index < -0.39 is 0 Å². The van der Waals surface area contributed by atoms with Crippen molar-refractivity contribution in [2.75, 3.05) is 10.6 Å². The quantitative estimate of drug-likeness (QED) is 0.238. The zero-order valence-electron chi connectivity index (χ0n) is 18.6. The molecule has 7 heteroatoms. The largest absolute Gasteiger partial charge is 0.340 e. The molecule has 0 saturated heterocycles. The molecule has 0 amide bonds. The number of carbonyl (C=O) groups excluding carboxylic acids is 1. The summed E-state index contributed by atoms with van der Waals surface area (Å²) in [5, 5.41) is 6.30. The predicted octanol–water partition coefficient (Wildman–Crippen LogP) is 6.75. The molecule has 0 radical (unpaired) electrons. The summed E-state index contributed by atoms with van der Waals surface area (Å²) in [6.07, 6.45) is 6.32. The van der Waals surface area contributed by atoms with Crippen molar-refractivity contribution in [1.82, 2.24) is 9.97 Å². The van der Waals surface area contributed by atoms with Gasteiger partial charge in [0.2, 0.25) is 0 Å². The number of nitrogens with one attached hydrogen (secondary N) is 2. The molecular formula is C27H22F2N4O. The SMILES string of the molecule is Cc1cc(F)ccc1Nc1ncccc1/C=C/C(=O)c1cccnc1Nc1ccc(F)cc1C. The Labute approximate surface area is 196 Å². The Balaban J connectivity index is 1.57. The van der Waals surface area contributed by atoms with Crippen LogP contribution in [0, 0.1) is 25.5 Å². The van der Waals surface area contributed by atoms with Crippen molar-refractivity contribution in [3.63, 3.8) is 0 Å². The molecule has 2 heterocycles. The third-order valence-electron chi connectivity index (χ3n) is 5.21. The topological polar surface area (TPSA) is 66.9 Å². The molecular weight excluding hydrogens is 434 g/mol. The maximum Gasteiger partial charge on any atom is 0.189 e. The normalized spacial score (nSPS) is 10.9. The zero-order chi connectivity index (χ0) is 24.1. The van der Waals surface area contributed by atoms with Gasteiger partial charge in [-0.1, -0.05) is 0 Å². The molecule has 2 aromatic carbocycles. The summed E-state index contributed by atoms with van der Waals surface area (Å²) in [6.45, 7) is 3.57. The molecule has 0 aliphatic heterocycles. The van der Waals surface area contributed by atoms with Crippen LogP contribution in [0.1, 0.15) is 27.0 Å². The van der Waals surface area contributed by atoms with Crippen molar-refractivity contribution in [2.24, 2.45) is 0 Å². The van der Waals surface area contributed by atoms with Crippen LogP contribution < -0.4 is 10.6 Å². The molecule has 0 unspecified atom stereocenters. The van der Waals surface area contributed by atoms with E-state index >= 15 is 0 Å². The number of rotatable bonds is 7. The standard InChI is InChI=1S/C27H22F2N4O/c1-17-15-20(28)8-10-23(17)32-26-19(5-3-13-30-26)7-12-25(34)22-6-4-14-31-27(22)33-24-11-9-21(29)16-18(24)2/h3-16H,1-2H3,(H,30,32)(H,31,33)/b12-7+. The first-order valence-corrected chi connectivity index (χ1v) is 10.6. The molecule has 0 atom stereocenters. The molecule has 2 N–H and O–H groups in total. The Hall–Kier alpha value is -4.39. The van der Waals surface area contributed by atoms with Gasteiger partial charge in [0.05, 0.1) is 5.56 Å². The van der Waals surface area contributed by atoms with Gasteiger partial charge in [0, 0.05) is 29.3 Å². The lowest BCUT2D eigenvalue weighted by molar-refractivity contribution is 0.104. The molecule has 0 saturated carbocycles. The summed E-state index contributed by atoms with van der Waals surface area (Å²) >= 11 is 0. The summed E-state index contributed by atoms with van der Waals surface area (Å²) in [5.74, 6) is 0.000660. The van der Waals surface area contributed by atoms with Gasteiger partial charge >= 0.3 is 0 Å². The van der Waals surface area contributed by atoms with E-state index in [0.29, 0.717) is 34.0 Å². The van der Waals surface area contributed by atoms with E-state index in [1.165, 1.54) is 30.3 Å². The van der Waals surface area contributed by atoms with Gasteiger partial charge in [0.25, 0.3) is 0 Å². The average molecular weight is 456 g/mol. The summed E-state index contributed by atoms with van der Waals surface area (Å²) in [6, 6.07) is 15.7. The minimum atomic E-state index is -0.333. The lowest BCUT2D eigenvalue weighted by Gasteiger charge is -2.12. The fourth-order valence-corrected chi connectivity index (χ4v) is 3.41. The number of hydrogen-bond acceptors (Lipinski definition) is 5. The summed E-state index contributed by atoms with van der Waals surface area (Å²) in [4.78, 5) is 21.7. The maximum absolute atomic E-state index is 13.4. The highest BCUT2D eigenvalue weighted by Crippen LogP contribution is 2.25. The van der Waals surface area contributed by atoms with Gasteiger partial charge in [-0.15, -0.1) is 0 Å². The number of anilines is 4. The summed E-state index contributed by atoms with van der Waals surface area (Å²) < 4.78 is 26.9. The fourth-order valence-electron chi connectivity index (χ4n) is 3.41. The highest BCUT2D eigenvalue weighted by Gasteiger charge is 2.12. The molecule has 0 bridgehead atoms. The van der Waals surface area contributed by atoms with Crippen molar-refractivity contribution in [3.05, 3.63) is 113 Å². The second kappa shape index (κ2) is 10.0. The zero-order valence-corrected chi connectivity index (χ0v) is 18.6. The Morgan fingerprint density at radius 1 is 0.794 bits per heavy atom. The van der Waals surface area contributed by atoms with Crippen LogP contribution >= 0.6 is 0 Å². The van der Waals surface area contributed by atoms with Crippen LogP contribution in [-0.2, 0) is 0 Å². The first kappa shape index (κ1) is 22.8. The molecule has 0 fully saturated rings. The maximum atomic E-state index is 13.4. The average Bonchev–Trinajstić information content (AvgIpc) is 2.82. The highest BCUT2D eigenvalue weighted by atomic mass is 19.1. The molecule has 0 spiro atoms. The number of aromatic nitrogens is 2. The molecule has 0 aliphatic rings. The van der Waals surface area contributed by atoms with Gasteiger partial charge in [-0.25, -0.2) is 18.7 Å². The number of ketones is 1. The number of allylic oxidation sites excluding steroid dienone is 1. The number of aryl methyl sites for hydroxylation is 2. The Bertz CT molecular complexity index is 1380. The van der Waals surface area contributed by atoms with E-state index in [-0.39, 0.29) is 17.4 Å². The molecule has 4 rings (SSSR count). The molecule has 0 aliphatic carbocycles. The van der Waals surface area contributed by atoms with Gasteiger partial charge in [-0.2, -0.15) is 0 Å². The van der Waals surface area contributed by atoms with Crippen molar-refractivity contribution < 1.29 is 13.6 Å². The van der Waals surface area contributed by atoms with Gasteiger partial charge in [0.15, 0.2) is 5.78 Å². The number of pyridine rings is 2. The molecule has 5 nitrogen and oxygen atoms in total. The molecule has 4 aromatic rings. The number of benzene rings is 2. The van der Waals surface area contributed by atoms with Gasteiger partial charge < -0.3 is 10.6 Å². The van der Waals surface area contributed by atoms with Gasteiger partial charge in [0.1, 0.15) is 23.3 Å². The second-order valence-electron chi connectivity index (χ2n) is 7.71. The number of nitrogens with zero attached hydrogens (tertiary/aromatic N) is 2. The molecule has 170 valence electrons. The predicted molar refractivity (Wildman–Crippen MR) is 131 cm³/mol. The molecule has 34 heavy (non-hydrogen) atoms. The van der Waals surface area contributed by atoms with Crippen LogP contribution in [0.3, 0.4) is 0 Å². The van der Waals surface area contributed by atoms with Crippen LogP contribution in [0.25, 0.3) is 6.08 Å². The van der Waals surface area contributed by atoms with Crippen LogP contribution in [0.15, 0.2) is 79.1 Å². The minimum absolute atomic E-state index is 0.261. The summed E-state index contributed by atoms with van der Waals surface area (Å²) in [7, 11) is 0. The summed E-state index contributed by atoms with van der Waals surface area (Å²) in [5.41, 5.74) is 3.87. The van der Waals surface area contributed by atoms with Gasteiger partial charge in [-0.05, 0) is 97.8 Å². The first-order valence-electron chi connectivity index (χ1n) is 10.6. The lowest BCUT2D eigenvalue weighted by atomic mass is 10.1. The van der Waals surface area contributed by atoms with Crippen molar-refractivity contribution in [1.29, 1.82) is 0 Å². The lowest BCUT2D eigenvalue weighted by Crippen LogP contribution is -2.04. The van der Waals surface area contributed by atoms with E-state index in [9.17, 15) is 13.6 Å². The van der Waals surface area contributed by atoms with Crippen molar-refractivity contribution >= 4 is 34.9 Å². The first-order chi connectivity index (χ1) is 16.4. The third-order valence-corrected chi connectivity index (χ3v) is 5.21. The number of hydrogen-bond donors (Lipinski definition) is 2. The second-order valence-corrected chi connectivity index (χ2v) is 7.71. The Morgan fingerprint density at radius 2 is 1.35 bits per heavy atom. The van der Waals surface area contributed by atoms with E-state index in [4.69, 9.17) is 0 Å². The van der Waals surface area contributed by atoms with Crippen LogP contribution in [0.5, 0.6) is 0 Å². The Morgan fingerprint density at radius 3 is 1.97 bits per heavy atom. The van der Waals surface area contributed by atoms with Gasteiger partial charge in [-0.3, -0.25) is 4.79 Å². The third kappa shape index (κ3) is 5.32. The van der Waals surface area contributed by atoms with E-state index in [2.05, 4.69) is 20.6 Å². The fraction of sp³-hybridized carbons (Fsp3) is 0.0741. The Kier molecular flexibility index (Phi) is 6.73. The van der Waals surface area contributed by atoms with Crippen molar-refractivity contribution in [2.45, 2.75) is 13.8 Å². The van der Waals surface area contributed by atoms with E-state index in [0.717, 1.165) is 11.3 Å².